The Bertz CT molecular complexity index is 351. The van der Waals surface area contributed by atoms with Crippen LogP contribution in [-0.2, 0) is 0 Å². The lowest BCUT2D eigenvalue weighted by molar-refractivity contribution is 0.716. The van der Waals surface area contributed by atoms with Gasteiger partial charge in [0.05, 0.1) is 6.54 Å². The molecular formula is C12H17N3S. The molecule has 0 aromatic heterocycles. The number of aliphatic imine (C=N–C) groups is 1. The maximum Gasteiger partial charge on any atom is 0.191 e. The van der Waals surface area contributed by atoms with Crippen molar-refractivity contribution in [2.45, 2.75) is 17.9 Å². The molecule has 1 aliphatic heterocycles. The lowest BCUT2D eigenvalue weighted by atomic mass is 10.4. The Balaban J connectivity index is 1.62. The Labute approximate surface area is 101 Å². The fourth-order valence-electron chi connectivity index (χ4n) is 1.51. The third-order valence-corrected chi connectivity index (χ3v) is 3.33. The molecule has 0 saturated carbocycles. The van der Waals surface area contributed by atoms with Crippen LogP contribution in [0.15, 0.2) is 40.2 Å². The third kappa shape index (κ3) is 3.45. The van der Waals surface area contributed by atoms with Crippen molar-refractivity contribution in [1.82, 2.24) is 10.6 Å². The molecule has 0 spiro atoms. The maximum atomic E-state index is 4.35. The molecular weight excluding hydrogens is 218 g/mol. The zero-order chi connectivity index (χ0) is 11.2. The Morgan fingerprint density at radius 1 is 1.44 bits per heavy atom. The summed E-state index contributed by atoms with van der Waals surface area (Å²) in [5, 5.41) is 6.58. The van der Waals surface area contributed by atoms with Gasteiger partial charge in [-0.05, 0) is 19.1 Å². The molecule has 3 nitrogen and oxygen atoms in total. The van der Waals surface area contributed by atoms with Crippen LogP contribution in [0, 0.1) is 0 Å². The minimum atomic E-state index is 0.476. The average molecular weight is 235 g/mol. The Morgan fingerprint density at radius 2 is 2.25 bits per heavy atom. The van der Waals surface area contributed by atoms with Crippen molar-refractivity contribution in [1.29, 1.82) is 0 Å². The van der Waals surface area contributed by atoms with E-state index in [1.165, 1.54) is 4.90 Å². The van der Waals surface area contributed by atoms with Crippen LogP contribution in [0.25, 0.3) is 0 Å². The monoisotopic (exact) mass is 235 g/mol. The quantitative estimate of drug-likeness (QED) is 0.616. The third-order valence-electron chi connectivity index (χ3n) is 2.31. The summed E-state index contributed by atoms with van der Waals surface area (Å²) >= 11 is 1.86. The van der Waals surface area contributed by atoms with E-state index in [9.17, 15) is 0 Å². The van der Waals surface area contributed by atoms with E-state index >= 15 is 0 Å². The van der Waals surface area contributed by atoms with E-state index in [0.717, 1.165) is 24.8 Å². The second kappa shape index (κ2) is 5.80. The largest absolute Gasteiger partial charge is 0.356 e. The molecule has 0 amide bonds. The summed E-state index contributed by atoms with van der Waals surface area (Å²) in [4.78, 5) is 5.66. The van der Waals surface area contributed by atoms with Crippen molar-refractivity contribution in [3.63, 3.8) is 0 Å². The van der Waals surface area contributed by atoms with Crippen LogP contribution in [0.4, 0.5) is 0 Å². The molecule has 0 bridgehead atoms. The van der Waals surface area contributed by atoms with Crippen LogP contribution in [0.1, 0.15) is 6.92 Å². The predicted octanol–water partition coefficient (Wildman–Crippen LogP) is 1.72. The molecule has 2 N–H and O–H groups in total. The Morgan fingerprint density at radius 3 is 2.94 bits per heavy atom. The predicted molar refractivity (Wildman–Crippen MR) is 70.1 cm³/mol. The molecule has 16 heavy (non-hydrogen) atoms. The number of rotatable bonds is 4. The topological polar surface area (TPSA) is 36.4 Å². The molecule has 4 heteroatoms. The summed E-state index contributed by atoms with van der Waals surface area (Å²) < 4.78 is 0. The van der Waals surface area contributed by atoms with Gasteiger partial charge >= 0.3 is 0 Å². The smallest absolute Gasteiger partial charge is 0.191 e. The standard InChI is InChI=1S/C12H17N3S/c1-10-9-14-12(15-10)13-7-8-16-11-5-3-2-4-6-11/h2-6,10H,7-9H2,1H3,(H2,13,14,15). The molecule has 86 valence electrons. The minimum Gasteiger partial charge on any atom is -0.356 e. The summed E-state index contributed by atoms with van der Waals surface area (Å²) in [7, 11) is 0. The van der Waals surface area contributed by atoms with E-state index in [-0.39, 0.29) is 0 Å². The van der Waals surface area contributed by atoms with Gasteiger partial charge in [0.1, 0.15) is 0 Å². The van der Waals surface area contributed by atoms with E-state index in [4.69, 9.17) is 0 Å². The molecule has 0 fully saturated rings. The minimum absolute atomic E-state index is 0.476. The van der Waals surface area contributed by atoms with Gasteiger partial charge < -0.3 is 10.6 Å². The number of guanidine groups is 1. The average Bonchev–Trinajstić information content (AvgIpc) is 2.72. The number of nitrogens with one attached hydrogen (secondary N) is 2. The van der Waals surface area contributed by atoms with Crippen molar-refractivity contribution < 1.29 is 0 Å². The summed E-state index contributed by atoms with van der Waals surface area (Å²) in [5.41, 5.74) is 0. The molecule has 0 radical (unpaired) electrons. The van der Waals surface area contributed by atoms with Gasteiger partial charge in [0.15, 0.2) is 5.96 Å². The summed E-state index contributed by atoms with van der Waals surface area (Å²) in [5.74, 6) is 2.00. The first kappa shape index (κ1) is 11.3. The van der Waals surface area contributed by atoms with Gasteiger partial charge in [-0.25, -0.2) is 0 Å². The van der Waals surface area contributed by atoms with E-state index < -0.39 is 0 Å². The number of thioether (sulfide) groups is 1. The van der Waals surface area contributed by atoms with Crippen molar-refractivity contribution >= 4 is 17.7 Å². The number of hydrogen-bond acceptors (Lipinski definition) is 4. The highest BCUT2D eigenvalue weighted by Crippen LogP contribution is 2.15. The molecule has 1 heterocycles. The number of nitrogens with zero attached hydrogens (tertiary/aromatic N) is 1. The number of hydrogen-bond donors (Lipinski definition) is 2. The first-order valence-corrected chi connectivity index (χ1v) is 6.56. The van der Waals surface area contributed by atoms with Crippen molar-refractivity contribution in [3.8, 4) is 0 Å². The fourth-order valence-corrected chi connectivity index (χ4v) is 2.30. The van der Waals surface area contributed by atoms with Gasteiger partial charge in [0.25, 0.3) is 0 Å². The van der Waals surface area contributed by atoms with Gasteiger partial charge in [-0.15, -0.1) is 11.8 Å². The molecule has 1 aromatic carbocycles. The van der Waals surface area contributed by atoms with Crippen molar-refractivity contribution in [2.75, 3.05) is 18.8 Å². The second-order valence-electron chi connectivity index (χ2n) is 3.82. The highest BCUT2D eigenvalue weighted by molar-refractivity contribution is 7.99. The lowest BCUT2D eigenvalue weighted by Crippen LogP contribution is -2.38. The summed E-state index contributed by atoms with van der Waals surface area (Å²) in [6, 6.07) is 10.9. The van der Waals surface area contributed by atoms with E-state index in [2.05, 4.69) is 46.8 Å². The SMILES string of the molecule is CC1CN=C(NCCSc2ccccc2)N1. The zero-order valence-corrected chi connectivity index (χ0v) is 10.3. The van der Waals surface area contributed by atoms with Crippen LogP contribution < -0.4 is 10.6 Å². The van der Waals surface area contributed by atoms with E-state index in [0.29, 0.717) is 6.04 Å². The van der Waals surface area contributed by atoms with Crippen LogP contribution in [0.2, 0.25) is 0 Å². The second-order valence-corrected chi connectivity index (χ2v) is 4.99. The Hall–Kier alpha value is -1.16. The highest BCUT2D eigenvalue weighted by Gasteiger charge is 2.10. The molecule has 1 unspecified atom stereocenters. The van der Waals surface area contributed by atoms with Gasteiger partial charge in [0, 0.05) is 23.2 Å². The normalized spacial score (nSPS) is 19.1. The van der Waals surface area contributed by atoms with Crippen molar-refractivity contribution in [3.05, 3.63) is 30.3 Å². The van der Waals surface area contributed by atoms with Crippen LogP contribution in [-0.4, -0.2) is 30.8 Å². The molecule has 0 aliphatic carbocycles. The van der Waals surface area contributed by atoms with Crippen LogP contribution >= 0.6 is 11.8 Å². The molecule has 1 aromatic rings. The molecule has 1 atom stereocenters. The first-order chi connectivity index (χ1) is 7.84. The summed E-state index contributed by atoms with van der Waals surface area (Å²) in [6.45, 7) is 3.96. The maximum absolute atomic E-state index is 4.35. The van der Waals surface area contributed by atoms with Crippen LogP contribution in [0.3, 0.4) is 0 Å². The lowest BCUT2D eigenvalue weighted by Gasteiger charge is -2.08. The molecule has 0 saturated heterocycles. The van der Waals surface area contributed by atoms with Gasteiger partial charge in [-0.1, -0.05) is 18.2 Å². The zero-order valence-electron chi connectivity index (χ0n) is 9.44. The highest BCUT2D eigenvalue weighted by atomic mass is 32.2. The van der Waals surface area contributed by atoms with E-state index in [1.54, 1.807) is 0 Å². The summed E-state index contributed by atoms with van der Waals surface area (Å²) in [6.07, 6.45) is 0. The van der Waals surface area contributed by atoms with Crippen LogP contribution in [0.5, 0.6) is 0 Å². The fraction of sp³-hybridized carbons (Fsp3) is 0.417. The first-order valence-electron chi connectivity index (χ1n) is 5.57. The molecule has 1 aliphatic rings. The van der Waals surface area contributed by atoms with Gasteiger partial charge in [-0.3, -0.25) is 4.99 Å². The van der Waals surface area contributed by atoms with Gasteiger partial charge in [0.2, 0.25) is 0 Å². The van der Waals surface area contributed by atoms with E-state index in [1.807, 2.05) is 17.8 Å². The van der Waals surface area contributed by atoms with Gasteiger partial charge in [-0.2, -0.15) is 0 Å². The Kier molecular flexibility index (Phi) is 4.10. The number of benzene rings is 1. The van der Waals surface area contributed by atoms with Crippen molar-refractivity contribution in [2.24, 2.45) is 4.99 Å². The molecule has 2 rings (SSSR count).